The van der Waals surface area contributed by atoms with Gasteiger partial charge in [0.2, 0.25) is 10.4 Å². The van der Waals surface area contributed by atoms with Gasteiger partial charge in [-0.25, -0.2) is 8.42 Å². The van der Waals surface area contributed by atoms with Gasteiger partial charge in [0, 0.05) is 11.8 Å². The highest BCUT2D eigenvalue weighted by atomic mass is 32.3. The van der Waals surface area contributed by atoms with E-state index >= 15 is 0 Å². The number of aliphatic carboxylic acids is 1. The Morgan fingerprint density at radius 2 is 1.78 bits per heavy atom. The minimum absolute atomic E-state index is 0.0617. The number of hydrogen-bond donors (Lipinski definition) is 2. The topological polar surface area (TPSA) is 183 Å². The van der Waals surface area contributed by atoms with Crippen LogP contribution in [0.1, 0.15) is 65.2 Å². The Bertz CT molecular complexity index is 1090. The minimum Gasteiger partial charge on any atom is -0.726 e. The van der Waals surface area contributed by atoms with Gasteiger partial charge in [-0.05, 0) is 68.1 Å². The highest BCUT2D eigenvalue weighted by Gasteiger charge is 2.59. The second kappa shape index (κ2) is 9.35. The molecule has 11 nitrogen and oxygen atoms in total. The molecule has 1 heterocycles. The van der Waals surface area contributed by atoms with Crippen molar-refractivity contribution in [3.05, 3.63) is 11.6 Å². The van der Waals surface area contributed by atoms with Crippen LogP contribution < -0.4 is 5.11 Å². The van der Waals surface area contributed by atoms with E-state index in [9.17, 15) is 37.9 Å². The van der Waals surface area contributed by atoms with Crippen LogP contribution in [0.4, 0.5) is 0 Å². The van der Waals surface area contributed by atoms with Crippen molar-refractivity contribution < 1.29 is 51.5 Å². The first-order chi connectivity index (χ1) is 17.2. The summed E-state index contributed by atoms with van der Waals surface area (Å²) in [4.78, 5) is 24.1. The zero-order chi connectivity index (χ0) is 26.9. The molecule has 0 bridgehead atoms. The van der Waals surface area contributed by atoms with Gasteiger partial charge in [0.05, 0.1) is 12.1 Å². The molecular weight excluding hydrogens is 508 g/mol. The van der Waals surface area contributed by atoms with E-state index in [1.165, 1.54) is 5.57 Å². The molecule has 1 saturated heterocycles. The molecule has 0 radical (unpaired) electrons. The summed E-state index contributed by atoms with van der Waals surface area (Å²) in [5, 5.41) is 32.2. The second-order valence-electron chi connectivity index (χ2n) is 11.9. The molecule has 37 heavy (non-hydrogen) atoms. The lowest BCUT2D eigenvalue weighted by atomic mass is 9.48. The lowest BCUT2D eigenvalue weighted by Gasteiger charge is -2.57. The fourth-order valence-corrected chi connectivity index (χ4v) is 8.60. The van der Waals surface area contributed by atoms with Crippen LogP contribution in [0.5, 0.6) is 0 Å². The number of carbonyl (C=O) groups excluding carboxylic acids is 2. The third-order valence-corrected chi connectivity index (χ3v) is 10.6. The minimum atomic E-state index is -5.37. The lowest BCUT2D eigenvalue weighted by molar-refractivity contribution is -0.352. The van der Waals surface area contributed by atoms with E-state index in [0.29, 0.717) is 42.8 Å². The maximum absolute atomic E-state index is 12.6. The standard InChI is InChI=1S/C25H36O11S/c1-24-9-7-13(34-23-19(28)20(36-37(31,32)33)18(27)21(35-23)22(29)30)11-12(24)3-4-14-15-5-6-17(26)25(15,2)10-8-16(14)24/h3,13-16,18-21,23,27-28H,4-11H2,1-2H3,(H,29,30)(H,31,32,33)/p-2/t13-,14-,15-,16-,18-,19+,20-,21-,23+,24-,25-/m0/s1. The molecule has 4 aliphatic carbocycles. The molecule has 4 fully saturated rings. The predicted octanol–water partition coefficient (Wildman–Crippen LogP) is -0.0545. The molecule has 0 aromatic carbocycles. The summed E-state index contributed by atoms with van der Waals surface area (Å²) >= 11 is 0. The van der Waals surface area contributed by atoms with Gasteiger partial charge in [0.25, 0.3) is 0 Å². The second-order valence-corrected chi connectivity index (χ2v) is 12.9. The molecule has 208 valence electrons. The predicted molar refractivity (Wildman–Crippen MR) is 122 cm³/mol. The highest BCUT2D eigenvalue weighted by Crippen LogP contribution is 2.64. The number of carboxylic acids is 1. The van der Waals surface area contributed by atoms with E-state index in [1.54, 1.807) is 0 Å². The molecule has 3 saturated carbocycles. The molecule has 0 spiro atoms. The van der Waals surface area contributed by atoms with E-state index in [4.69, 9.17) is 9.47 Å². The summed E-state index contributed by atoms with van der Waals surface area (Å²) in [7, 11) is -5.37. The Morgan fingerprint density at radius 1 is 1.11 bits per heavy atom. The number of aliphatic hydroxyl groups excluding tert-OH is 2. The molecular formula is C25H34O11S-2. The lowest BCUT2D eigenvalue weighted by Crippen LogP contribution is -2.64. The number of hydrogen-bond acceptors (Lipinski definition) is 11. The first-order valence-electron chi connectivity index (χ1n) is 13.0. The summed E-state index contributed by atoms with van der Waals surface area (Å²) in [6.07, 6.45) is -1.85. The van der Waals surface area contributed by atoms with Gasteiger partial charge in [0.15, 0.2) is 6.29 Å². The fraction of sp³-hybridized carbons (Fsp3) is 0.840. The number of ketones is 1. The van der Waals surface area contributed by atoms with E-state index < -0.39 is 53.2 Å². The van der Waals surface area contributed by atoms with Crippen molar-refractivity contribution in [1.82, 2.24) is 0 Å². The van der Waals surface area contributed by atoms with Crippen molar-refractivity contribution in [1.29, 1.82) is 0 Å². The first-order valence-corrected chi connectivity index (χ1v) is 14.3. The first kappa shape index (κ1) is 27.2. The van der Waals surface area contributed by atoms with Crippen LogP contribution >= 0.6 is 0 Å². The molecule has 0 unspecified atom stereocenters. The molecule has 5 rings (SSSR count). The zero-order valence-corrected chi connectivity index (χ0v) is 21.7. The van der Waals surface area contributed by atoms with E-state index in [0.717, 1.165) is 32.1 Å². The normalized spacial score (nSPS) is 48.0. The molecule has 0 amide bonds. The highest BCUT2D eigenvalue weighted by molar-refractivity contribution is 7.80. The van der Waals surface area contributed by atoms with Crippen LogP contribution in [0.25, 0.3) is 0 Å². The summed E-state index contributed by atoms with van der Waals surface area (Å²) in [5.74, 6) is -0.165. The third kappa shape index (κ3) is 4.58. The van der Waals surface area contributed by atoms with Gasteiger partial charge in [-0.2, -0.15) is 0 Å². The fourth-order valence-electron chi connectivity index (χ4n) is 8.10. The average Bonchev–Trinajstić information content (AvgIpc) is 3.12. The van der Waals surface area contributed by atoms with Crippen molar-refractivity contribution in [3.8, 4) is 0 Å². The number of allylic oxidation sites excluding steroid dienone is 1. The maximum Gasteiger partial charge on any atom is 0.218 e. The van der Waals surface area contributed by atoms with Crippen LogP contribution in [-0.2, 0) is 33.6 Å². The van der Waals surface area contributed by atoms with E-state index in [2.05, 4.69) is 24.1 Å². The summed E-state index contributed by atoms with van der Waals surface area (Å²) < 4.78 is 48.7. The molecule has 0 aromatic rings. The van der Waals surface area contributed by atoms with Crippen LogP contribution in [0, 0.1) is 28.6 Å². The van der Waals surface area contributed by atoms with Gasteiger partial charge in [-0.1, -0.05) is 25.5 Å². The zero-order valence-electron chi connectivity index (χ0n) is 20.9. The van der Waals surface area contributed by atoms with Gasteiger partial charge in [0.1, 0.15) is 30.2 Å². The van der Waals surface area contributed by atoms with Crippen LogP contribution in [0.3, 0.4) is 0 Å². The monoisotopic (exact) mass is 542 g/mol. The quantitative estimate of drug-likeness (QED) is 0.270. The smallest absolute Gasteiger partial charge is 0.218 e. The van der Waals surface area contributed by atoms with Gasteiger partial charge in [-0.15, -0.1) is 0 Å². The third-order valence-electron chi connectivity index (χ3n) is 10.1. The SMILES string of the molecule is C[C@]12CC[C@H](O[C@@H]3O[C@H](C(=O)[O-])[C@@H](O)[C@H](OS(=O)(=O)[O-])[C@H]3O)CC1=CC[C@@H]1[C@@H]2CC[C@]2(C)C(=O)CC[C@@H]12. The van der Waals surface area contributed by atoms with Crippen LogP contribution in [0.15, 0.2) is 11.6 Å². The Kier molecular flexibility index (Phi) is 6.87. The van der Waals surface area contributed by atoms with Crippen molar-refractivity contribution in [2.24, 2.45) is 28.6 Å². The van der Waals surface area contributed by atoms with Crippen molar-refractivity contribution in [2.75, 3.05) is 0 Å². The number of carbonyl (C=O) groups is 2. The van der Waals surface area contributed by atoms with Crippen molar-refractivity contribution in [3.63, 3.8) is 0 Å². The van der Waals surface area contributed by atoms with Crippen molar-refractivity contribution >= 4 is 22.2 Å². The molecule has 12 heteroatoms. The average molecular weight is 543 g/mol. The Hall–Kier alpha value is -1.41. The molecule has 0 aromatic heterocycles. The van der Waals surface area contributed by atoms with Gasteiger partial charge >= 0.3 is 0 Å². The molecule has 1 aliphatic heterocycles. The summed E-state index contributed by atoms with van der Waals surface area (Å²) in [6.45, 7) is 4.40. The Labute approximate surface area is 216 Å². The molecule has 2 N–H and O–H groups in total. The number of aliphatic hydroxyl groups is 2. The van der Waals surface area contributed by atoms with Crippen molar-refractivity contribution in [2.45, 2.75) is 102 Å². The van der Waals surface area contributed by atoms with Gasteiger partial charge in [-0.3, -0.25) is 8.98 Å². The summed E-state index contributed by atoms with van der Waals surface area (Å²) in [6, 6.07) is 0. The largest absolute Gasteiger partial charge is 0.726 e. The number of fused-ring (bicyclic) bond motifs is 5. The molecule has 11 atom stereocenters. The number of rotatable bonds is 5. The van der Waals surface area contributed by atoms with Crippen LogP contribution in [0.2, 0.25) is 0 Å². The van der Waals surface area contributed by atoms with E-state index in [-0.39, 0.29) is 10.8 Å². The van der Waals surface area contributed by atoms with E-state index in [1.807, 2.05) is 0 Å². The maximum atomic E-state index is 12.6. The van der Waals surface area contributed by atoms with Gasteiger partial charge < -0.3 is 34.1 Å². The summed E-state index contributed by atoms with van der Waals surface area (Å²) in [5.41, 5.74) is 0.941. The Morgan fingerprint density at radius 3 is 2.46 bits per heavy atom. The number of ether oxygens (including phenoxy) is 2. The van der Waals surface area contributed by atoms with Crippen LogP contribution in [-0.4, -0.2) is 71.7 Å². The molecule has 5 aliphatic rings. The number of Topliss-reactive ketones (excluding diaryl/α,β-unsaturated/α-hetero) is 1. The Balaban J connectivity index is 1.31. The number of carboxylic acid groups (broad SMARTS) is 1.